The summed E-state index contributed by atoms with van der Waals surface area (Å²) in [5.41, 5.74) is 3.78. The van der Waals surface area contributed by atoms with Crippen molar-refractivity contribution in [3.05, 3.63) is 59.2 Å². The van der Waals surface area contributed by atoms with Crippen molar-refractivity contribution in [3.8, 4) is 0 Å². The summed E-state index contributed by atoms with van der Waals surface area (Å²) in [6.45, 7) is 3.25. The summed E-state index contributed by atoms with van der Waals surface area (Å²) in [4.78, 5) is 19.4. The monoisotopic (exact) mass is 515 g/mol. The van der Waals surface area contributed by atoms with E-state index in [4.69, 9.17) is 0 Å². The molecule has 0 aliphatic heterocycles. The zero-order chi connectivity index (χ0) is 25.8. The first-order valence-electron chi connectivity index (χ1n) is 12.6. The Morgan fingerprint density at radius 2 is 1.78 bits per heavy atom. The van der Waals surface area contributed by atoms with Gasteiger partial charge in [0.2, 0.25) is 16.0 Å². The van der Waals surface area contributed by atoms with Gasteiger partial charge >= 0.3 is 0 Å². The molecule has 3 aromatic rings. The van der Waals surface area contributed by atoms with Gasteiger partial charge in [-0.1, -0.05) is 43.5 Å². The van der Waals surface area contributed by atoms with Crippen LogP contribution in [0.5, 0.6) is 0 Å². The average Bonchev–Trinajstić information content (AvgIpc) is 3.47. The average molecular weight is 516 g/mol. The minimum Gasteiger partial charge on any atom is -0.350 e. The predicted molar refractivity (Wildman–Crippen MR) is 140 cm³/mol. The molecule has 10 nitrogen and oxygen atoms in total. The molecule has 0 radical (unpaired) electrons. The van der Waals surface area contributed by atoms with Crippen LogP contribution in [0, 0.1) is 0 Å². The molecule has 1 amide bonds. The van der Waals surface area contributed by atoms with Crippen LogP contribution in [-0.4, -0.2) is 52.1 Å². The van der Waals surface area contributed by atoms with Crippen molar-refractivity contribution in [2.75, 3.05) is 17.5 Å². The topological polar surface area (TPSA) is 135 Å². The zero-order valence-electron chi connectivity index (χ0n) is 21.2. The van der Waals surface area contributed by atoms with Crippen LogP contribution < -0.4 is 10.0 Å². The van der Waals surface area contributed by atoms with E-state index in [1.54, 1.807) is 10.9 Å². The second-order valence-electron chi connectivity index (χ2n) is 9.07. The number of hydrogen-bond donors (Lipinski definition) is 3. The van der Waals surface area contributed by atoms with Crippen molar-refractivity contribution in [2.45, 2.75) is 71.3 Å². The maximum Gasteiger partial charge on any atom is 0.251 e. The highest BCUT2D eigenvalue weighted by molar-refractivity contribution is 7.91. The number of unbranched alkanes of at least 4 members (excludes halogenated alkanes) is 4. The van der Waals surface area contributed by atoms with Gasteiger partial charge < -0.3 is 10.3 Å². The Hall–Kier alpha value is -3.21. The fourth-order valence-electron chi connectivity index (χ4n) is 3.86. The molecule has 0 saturated heterocycles. The van der Waals surface area contributed by atoms with Gasteiger partial charge in [0.15, 0.2) is 0 Å². The van der Waals surface area contributed by atoms with E-state index in [9.17, 15) is 13.2 Å². The highest BCUT2D eigenvalue weighted by atomic mass is 32.2. The second-order valence-corrected chi connectivity index (χ2v) is 10.8. The number of H-pyrrole nitrogens is 1. The van der Waals surface area contributed by atoms with Crippen molar-refractivity contribution in [1.82, 2.24) is 30.3 Å². The number of sulfonamides is 1. The lowest BCUT2D eigenvalue weighted by molar-refractivity contribution is 0.0952. The molecule has 2 aromatic heterocycles. The Morgan fingerprint density at radius 1 is 1.03 bits per heavy atom. The van der Waals surface area contributed by atoms with Crippen molar-refractivity contribution >= 4 is 21.9 Å². The Labute approximate surface area is 213 Å². The van der Waals surface area contributed by atoms with Gasteiger partial charge in [-0.15, -0.1) is 5.10 Å². The lowest BCUT2D eigenvalue weighted by Crippen LogP contribution is -2.27. The number of hydrogen-bond acceptors (Lipinski definition) is 6. The quantitative estimate of drug-likeness (QED) is 0.250. The molecule has 2 heterocycles. The number of rotatable bonds is 16. The second kappa shape index (κ2) is 13.8. The van der Waals surface area contributed by atoms with Crippen molar-refractivity contribution < 1.29 is 13.2 Å². The highest BCUT2D eigenvalue weighted by Gasteiger charge is 2.08. The van der Waals surface area contributed by atoms with E-state index < -0.39 is 10.0 Å². The third-order valence-corrected chi connectivity index (χ3v) is 6.35. The van der Waals surface area contributed by atoms with E-state index in [0.29, 0.717) is 18.7 Å². The molecule has 1 aromatic carbocycles. The number of amides is 1. The molecule has 0 fully saturated rings. The first-order chi connectivity index (χ1) is 17.3. The third-order valence-electron chi connectivity index (χ3n) is 5.79. The van der Waals surface area contributed by atoms with Crippen molar-refractivity contribution in [3.63, 3.8) is 0 Å². The first-order valence-corrected chi connectivity index (χ1v) is 14.5. The molecule has 36 heavy (non-hydrogen) atoms. The van der Waals surface area contributed by atoms with Crippen LogP contribution in [0.2, 0.25) is 0 Å². The molecule has 0 unspecified atom stereocenters. The normalized spacial score (nSPS) is 11.5. The van der Waals surface area contributed by atoms with Gasteiger partial charge in [-0.05, 0) is 56.2 Å². The summed E-state index contributed by atoms with van der Waals surface area (Å²) < 4.78 is 26.6. The number of carbonyl (C=O) groups excluding carboxylic acids is 1. The van der Waals surface area contributed by atoms with Crippen LogP contribution in [0.1, 0.15) is 72.8 Å². The number of nitrogens with zero attached hydrogens (tertiary/aromatic N) is 4. The number of aromatic amines is 1. The SMILES string of the molecule is CCCCCc1ccc(C(=O)NCCn2cc(CCCCCc3cnc(NS(C)(=O)=O)[nH]3)nn2)cc1. The van der Waals surface area contributed by atoms with E-state index in [1.807, 2.05) is 30.5 Å². The smallest absolute Gasteiger partial charge is 0.251 e. The van der Waals surface area contributed by atoms with Crippen LogP contribution in [0.25, 0.3) is 0 Å². The van der Waals surface area contributed by atoms with Gasteiger partial charge in [0.05, 0.1) is 24.7 Å². The fraction of sp³-hybridized carbons (Fsp3) is 0.520. The van der Waals surface area contributed by atoms with E-state index >= 15 is 0 Å². The van der Waals surface area contributed by atoms with E-state index in [2.05, 4.69) is 37.2 Å². The number of benzene rings is 1. The first kappa shape index (κ1) is 27.4. The molecule has 11 heteroatoms. The van der Waals surface area contributed by atoms with Gasteiger partial charge in [0.1, 0.15) is 0 Å². The van der Waals surface area contributed by atoms with Gasteiger partial charge in [0.25, 0.3) is 5.91 Å². The Bertz CT molecular complexity index is 1190. The van der Waals surface area contributed by atoms with E-state index in [1.165, 1.54) is 24.8 Å². The molecule has 3 rings (SSSR count). The predicted octanol–water partition coefficient (Wildman–Crippen LogP) is 3.49. The van der Waals surface area contributed by atoms with E-state index in [-0.39, 0.29) is 11.9 Å². The molecule has 0 bridgehead atoms. The van der Waals surface area contributed by atoms with Crippen LogP contribution in [-0.2, 0) is 35.8 Å². The minimum absolute atomic E-state index is 0.0769. The molecular weight excluding hydrogens is 478 g/mol. The van der Waals surface area contributed by atoms with Gasteiger partial charge in [-0.2, -0.15) is 0 Å². The molecule has 3 N–H and O–H groups in total. The molecule has 0 spiro atoms. The maximum atomic E-state index is 12.4. The van der Waals surface area contributed by atoms with Gasteiger partial charge in [0, 0.05) is 24.0 Å². The lowest BCUT2D eigenvalue weighted by atomic mass is 10.1. The lowest BCUT2D eigenvalue weighted by Gasteiger charge is -2.06. The zero-order valence-corrected chi connectivity index (χ0v) is 22.0. The number of imidazole rings is 1. The maximum absolute atomic E-state index is 12.4. The highest BCUT2D eigenvalue weighted by Crippen LogP contribution is 2.11. The van der Waals surface area contributed by atoms with Crippen LogP contribution >= 0.6 is 0 Å². The van der Waals surface area contributed by atoms with Crippen LogP contribution in [0.4, 0.5) is 5.95 Å². The summed E-state index contributed by atoms with van der Waals surface area (Å²) in [6, 6.07) is 7.86. The Kier molecular flexibility index (Phi) is 10.5. The standard InChI is InChI=1S/C25H37N7O3S/c1-3-4-6-9-20-12-14-21(15-13-20)24(33)26-16-17-32-19-23(29-31-32)11-8-5-7-10-22-18-27-25(28-22)30-36(2,34)35/h12-15,18-19H,3-11,16-17H2,1-2H3,(H,26,33)(H2,27,28,30). The summed E-state index contributed by atoms with van der Waals surface area (Å²) in [7, 11) is -3.33. The molecule has 0 atom stereocenters. The van der Waals surface area contributed by atoms with E-state index in [0.717, 1.165) is 56.2 Å². The summed E-state index contributed by atoms with van der Waals surface area (Å²) >= 11 is 0. The number of aryl methyl sites for hydroxylation is 3. The molecule has 0 saturated carbocycles. The number of nitrogens with one attached hydrogen (secondary N) is 3. The Morgan fingerprint density at radius 3 is 2.53 bits per heavy atom. The number of aromatic nitrogens is 5. The number of carbonyl (C=O) groups is 1. The van der Waals surface area contributed by atoms with Gasteiger partial charge in [-0.3, -0.25) is 14.2 Å². The third kappa shape index (κ3) is 9.80. The summed E-state index contributed by atoms with van der Waals surface area (Å²) in [5.74, 6) is 0.169. The van der Waals surface area contributed by atoms with Gasteiger partial charge in [-0.25, -0.2) is 13.4 Å². The number of anilines is 1. The molecule has 0 aliphatic carbocycles. The van der Waals surface area contributed by atoms with Crippen LogP contribution in [0.15, 0.2) is 36.7 Å². The largest absolute Gasteiger partial charge is 0.350 e. The molecule has 196 valence electrons. The van der Waals surface area contributed by atoms with Crippen molar-refractivity contribution in [1.29, 1.82) is 0 Å². The van der Waals surface area contributed by atoms with Crippen LogP contribution in [0.3, 0.4) is 0 Å². The molecule has 0 aliphatic rings. The summed E-state index contributed by atoms with van der Waals surface area (Å²) in [6.07, 6.45) is 13.9. The van der Waals surface area contributed by atoms with Crippen molar-refractivity contribution in [2.24, 2.45) is 0 Å². The fourth-order valence-corrected chi connectivity index (χ4v) is 4.32. The summed E-state index contributed by atoms with van der Waals surface area (Å²) in [5, 5.41) is 11.3. The Balaban J connectivity index is 1.29. The minimum atomic E-state index is -3.33. The molecular formula is C25H37N7O3S.